The van der Waals surface area contributed by atoms with Crippen LogP contribution in [-0.4, -0.2) is 17.0 Å². The summed E-state index contributed by atoms with van der Waals surface area (Å²) in [6, 6.07) is 0. The Labute approximate surface area is 103 Å². The highest BCUT2D eigenvalue weighted by molar-refractivity contribution is 5.92. The average Bonchev–Trinajstić information content (AvgIpc) is 2.42. The number of fused-ring (bicyclic) bond motifs is 1. The molecule has 3 aliphatic rings. The van der Waals surface area contributed by atoms with Gasteiger partial charge in [0.1, 0.15) is 0 Å². The van der Waals surface area contributed by atoms with Gasteiger partial charge in [0, 0.05) is 11.8 Å². The molecule has 2 nitrogen and oxygen atoms in total. The lowest BCUT2D eigenvalue weighted by Gasteiger charge is -2.51. The lowest BCUT2D eigenvalue weighted by atomic mass is 9.55. The third kappa shape index (κ3) is 1.28. The van der Waals surface area contributed by atoms with E-state index in [-0.39, 0.29) is 22.4 Å². The first-order valence-corrected chi connectivity index (χ1v) is 6.71. The number of carbonyl (C=O) groups is 1. The van der Waals surface area contributed by atoms with E-state index in [1.54, 1.807) is 0 Å². The summed E-state index contributed by atoms with van der Waals surface area (Å²) in [7, 11) is 0. The standard InChI is InChI=1S/C15H22O2/c1-10-7-12(16)9-14(4)6-5-11-8-15(10,14)17-13(11,2)3/h7,11H,5-6,8-9H2,1-4H3/t11-,14?,15+/m1/s1. The normalized spacial score (nSPS) is 47.6. The molecule has 1 spiro atoms. The zero-order valence-corrected chi connectivity index (χ0v) is 11.3. The van der Waals surface area contributed by atoms with E-state index >= 15 is 0 Å². The van der Waals surface area contributed by atoms with Crippen LogP contribution in [0.2, 0.25) is 0 Å². The Hall–Kier alpha value is -0.630. The molecule has 1 saturated carbocycles. The molecule has 2 bridgehead atoms. The third-order valence-electron chi connectivity index (χ3n) is 5.55. The SMILES string of the molecule is CC1=CC(=O)CC2(C)CC[C@@H]3C[C@]12OC3(C)C. The van der Waals surface area contributed by atoms with Crippen molar-refractivity contribution in [3.05, 3.63) is 11.6 Å². The van der Waals surface area contributed by atoms with E-state index in [1.165, 1.54) is 6.42 Å². The van der Waals surface area contributed by atoms with Crippen molar-refractivity contribution in [1.29, 1.82) is 0 Å². The van der Waals surface area contributed by atoms with Gasteiger partial charge < -0.3 is 4.74 Å². The summed E-state index contributed by atoms with van der Waals surface area (Å²) in [5, 5.41) is 0. The molecular formula is C15H22O2. The molecule has 2 fully saturated rings. The minimum Gasteiger partial charge on any atom is -0.364 e. The highest BCUT2D eigenvalue weighted by Gasteiger charge is 2.64. The first-order chi connectivity index (χ1) is 7.79. The predicted octanol–water partition coefficient (Wildman–Crippen LogP) is 3.26. The van der Waals surface area contributed by atoms with Gasteiger partial charge in [0.2, 0.25) is 0 Å². The number of hydrogen-bond acceptors (Lipinski definition) is 2. The fourth-order valence-corrected chi connectivity index (χ4v) is 4.42. The van der Waals surface area contributed by atoms with Crippen LogP contribution in [0.3, 0.4) is 0 Å². The highest BCUT2D eigenvalue weighted by Crippen LogP contribution is 2.63. The number of hydrogen-bond donors (Lipinski definition) is 0. The fraction of sp³-hybridized carbons (Fsp3) is 0.800. The fourth-order valence-electron chi connectivity index (χ4n) is 4.42. The Balaban J connectivity index is 2.14. The maximum atomic E-state index is 11.8. The van der Waals surface area contributed by atoms with Gasteiger partial charge in [-0.1, -0.05) is 6.92 Å². The van der Waals surface area contributed by atoms with Crippen LogP contribution in [0.1, 0.15) is 53.4 Å². The molecule has 1 saturated heterocycles. The Kier molecular flexibility index (Phi) is 2.04. The zero-order valence-electron chi connectivity index (χ0n) is 11.3. The van der Waals surface area contributed by atoms with Crippen LogP contribution >= 0.6 is 0 Å². The van der Waals surface area contributed by atoms with Crippen molar-refractivity contribution in [2.45, 2.75) is 64.6 Å². The van der Waals surface area contributed by atoms with Gasteiger partial charge in [0.05, 0.1) is 11.2 Å². The van der Waals surface area contributed by atoms with Crippen molar-refractivity contribution in [1.82, 2.24) is 0 Å². The molecule has 0 aromatic carbocycles. The summed E-state index contributed by atoms with van der Waals surface area (Å²) in [5.74, 6) is 0.925. The van der Waals surface area contributed by atoms with E-state index in [1.807, 2.05) is 6.08 Å². The van der Waals surface area contributed by atoms with Crippen LogP contribution < -0.4 is 0 Å². The number of carbonyl (C=O) groups excluding carboxylic acids is 1. The third-order valence-corrected chi connectivity index (χ3v) is 5.55. The Morgan fingerprint density at radius 3 is 2.76 bits per heavy atom. The average molecular weight is 234 g/mol. The molecule has 0 amide bonds. The van der Waals surface area contributed by atoms with Crippen molar-refractivity contribution in [2.24, 2.45) is 11.3 Å². The lowest BCUT2D eigenvalue weighted by Crippen LogP contribution is -2.52. The summed E-state index contributed by atoms with van der Waals surface area (Å²) in [6.07, 6.45) is 5.91. The summed E-state index contributed by atoms with van der Waals surface area (Å²) >= 11 is 0. The second kappa shape index (κ2) is 3.03. The number of ketones is 1. The van der Waals surface area contributed by atoms with Crippen molar-refractivity contribution in [3.8, 4) is 0 Å². The first kappa shape index (κ1) is 11.5. The molecule has 1 heterocycles. The van der Waals surface area contributed by atoms with Crippen LogP contribution in [0.25, 0.3) is 0 Å². The van der Waals surface area contributed by atoms with Gasteiger partial charge in [-0.2, -0.15) is 0 Å². The van der Waals surface area contributed by atoms with Gasteiger partial charge in [0.15, 0.2) is 5.78 Å². The largest absolute Gasteiger partial charge is 0.364 e. The molecular weight excluding hydrogens is 212 g/mol. The highest BCUT2D eigenvalue weighted by atomic mass is 16.5. The topological polar surface area (TPSA) is 26.3 Å². The van der Waals surface area contributed by atoms with Crippen molar-refractivity contribution >= 4 is 5.78 Å². The summed E-state index contributed by atoms with van der Waals surface area (Å²) in [5.41, 5.74) is 0.986. The molecule has 1 aliphatic heterocycles. The van der Waals surface area contributed by atoms with Crippen LogP contribution in [0, 0.1) is 11.3 Å². The molecule has 3 rings (SSSR count). The molecule has 0 aromatic heterocycles. The molecule has 0 radical (unpaired) electrons. The smallest absolute Gasteiger partial charge is 0.156 e. The molecule has 94 valence electrons. The van der Waals surface area contributed by atoms with E-state index in [0.717, 1.165) is 18.4 Å². The predicted molar refractivity (Wildman–Crippen MR) is 66.7 cm³/mol. The Morgan fingerprint density at radius 2 is 2.06 bits per heavy atom. The summed E-state index contributed by atoms with van der Waals surface area (Å²) in [4.78, 5) is 11.8. The summed E-state index contributed by atoms with van der Waals surface area (Å²) in [6.45, 7) is 8.75. The van der Waals surface area contributed by atoms with Gasteiger partial charge >= 0.3 is 0 Å². The quantitative estimate of drug-likeness (QED) is 0.643. The van der Waals surface area contributed by atoms with Crippen LogP contribution in [-0.2, 0) is 9.53 Å². The lowest BCUT2D eigenvalue weighted by molar-refractivity contribution is -0.144. The number of ether oxygens (including phenoxy) is 1. The van der Waals surface area contributed by atoms with Crippen molar-refractivity contribution < 1.29 is 9.53 Å². The first-order valence-electron chi connectivity index (χ1n) is 6.71. The molecule has 1 unspecified atom stereocenters. The maximum absolute atomic E-state index is 11.8. The number of allylic oxidation sites excluding steroid dienone is 1. The van der Waals surface area contributed by atoms with Gasteiger partial charge in [-0.15, -0.1) is 0 Å². The molecule has 2 aliphatic carbocycles. The monoisotopic (exact) mass is 234 g/mol. The zero-order chi connectivity index (χ0) is 12.5. The van der Waals surface area contributed by atoms with Gasteiger partial charge in [0.25, 0.3) is 0 Å². The molecule has 0 aromatic rings. The molecule has 0 N–H and O–H groups in total. The van der Waals surface area contributed by atoms with Crippen LogP contribution in [0.4, 0.5) is 0 Å². The summed E-state index contributed by atoms with van der Waals surface area (Å²) < 4.78 is 6.51. The van der Waals surface area contributed by atoms with Gasteiger partial charge in [-0.3, -0.25) is 4.79 Å². The Bertz CT molecular complexity index is 421. The maximum Gasteiger partial charge on any atom is 0.156 e. The minimum atomic E-state index is -0.159. The molecule has 2 heteroatoms. The second-order valence-electron chi connectivity index (χ2n) is 7.00. The van der Waals surface area contributed by atoms with E-state index < -0.39 is 0 Å². The minimum absolute atomic E-state index is 0.0210. The van der Waals surface area contributed by atoms with Crippen molar-refractivity contribution in [2.75, 3.05) is 0 Å². The van der Waals surface area contributed by atoms with E-state index in [2.05, 4.69) is 27.7 Å². The second-order valence-corrected chi connectivity index (χ2v) is 7.00. The van der Waals surface area contributed by atoms with E-state index in [9.17, 15) is 4.79 Å². The van der Waals surface area contributed by atoms with Crippen LogP contribution in [0.5, 0.6) is 0 Å². The van der Waals surface area contributed by atoms with Crippen LogP contribution in [0.15, 0.2) is 11.6 Å². The van der Waals surface area contributed by atoms with E-state index in [4.69, 9.17) is 4.74 Å². The molecule has 17 heavy (non-hydrogen) atoms. The number of rotatable bonds is 0. The van der Waals surface area contributed by atoms with E-state index in [0.29, 0.717) is 12.3 Å². The van der Waals surface area contributed by atoms with Gasteiger partial charge in [-0.05, 0) is 57.6 Å². The van der Waals surface area contributed by atoms with Gasteiger partial charge in [-0.25, -0.2) is 0 Å². The van der Waals surface area contributed by atoms with Crippen molar-refractivity contribution in [3.63, 3.8) is 0 Å². The molecule has 3 atom stereocenters. The Morgan fingerprint density at radius 1 is 1.35 bits per heavy atom.